The van der Waals surface area contributed by atoms with Crippen molar-refractivity contribution in [1.29, 1.82) is 0 Å². The van der Waals surface area contributed by atoms with Gasteiger partial charge < -0.3 is 5.11 Å². The highest BCUT2D eigenvalue weighted by Gasteiger charge is 2.20. The molecule has 0 aliphatic rings. The third-order valence-electron chi connectivity index (χ3n) is 2.71. The number of aliphatic hydroxyl groups is 1. The van der Waals surface area contributed by atoms with Crippen LogP contribution in [0, 0.1) is 12.7 Å². The summed E-state index contributed by atoms with van der Waals surface area (Å²) in [7, 11) is 0. The third-order valence-corrected chi connectivity index (χ3v) is 3.66. The molecule has 0 radical (unpaired) electrons. The summed E-state index contributed by atoms with van der Waals surface area (Å²) in [6.45, 7) is 5.71. The number of aromatic nitrogens is 2. The van der Waals surface area contributed by atoms with E-state index in [0.29, 0.717) is 6.54 Å². The van der Waals surface area contributed by atoms with Gasteiger partial charge in [-0.15, -0.1) is 0 Å². The summed E-state index contributed by atoms with van der Waals surface area (Å²) in [5.74, 6) is -0.273. The first kappa shape index (κ1) is 14.2. The van der Waals surface area contributed by atoms with Gasteiger partial charge in [0, 0.05) is 5.56 Å². The van der Waals surface area contributed by atoms with Crippen LogP contribution in [0.3, 0.4) is 0 Å². The van der Waals surface area contributed by atoms with Gasteiger partial charge in [-0.2, -0.15) is 5.10 Å². The first-order valence-corrected chi connectivity index (χ1v) is 6.78. The number of benzene rings is 1. The van der Waals surface area contributed by atoms with Gasteiger partial charge in [-0.3, -0.25) is 4.68 Å². The number of nitrogens with zero attached hydrogens (tertiary/aromatic N) is 2. The molecule has 0 spiro atoms. The number of hydrogen-bond donors (Lipinski definition) is 1. The van der Waals surface area contributed by atoms with Gasteiger partial charge in [0.25, 0.3) is 0 Å². The van der Waals surface area contributed by atoms with E-state index in [0.717, 1.165) is 21.4 Å². The minimum atomic E-state index is -0.868. The normalized spacial score (nSPS) is 11.9. The Bertz CT molecular complexity index is 585. The van der Waals surface area contributed by atoms with Crippen molar-refractivity contribution in [3.05, 3.63) is 40.2 Å². The van der Waals surface area contributed by atoms with E-state index in [1.807, 2.05) is 6.92 Å². The number of hydrogen-bond acceptors (Lipinski definition) is 2. The van der Waals surface area contributed by atoms with Gasteiger partial charge in [-0.25, -0.2) is 4.39 Å². The number of rotatable bonds is 3. The topological polar surface area (TPSA) is 38.0 Å². The summed E-state index contributed by atoms with van der Waals surface area (Å²) >= 11 is 3.51. The molecule has 0 amide bonds. The van der Waals surface area contributed by atoms with Gasteiger partial charge >= 0.3 is 0 Å². The summed E-state index contributed by atoms with van der Waals surface area (Å²) in [4.78, 5) is 0. The van der Waals surface area contributed by atoms with Crippen LogP contribution in [0.5, 0.6) is 0 Å². The van der Waals surface area contributed by atoms with Crippen LogP contribution in [0.4, 0.5) is 4.39 Å². The maximum Gasteiger partial charge on any atom is 0.123 e. The molecule has 0 saturated carbocycles. The Balaban J connectivity index is 2.52. The zero-order valence-electron chi connectivity index (χ0n) is 11.1. The second-order valence-electron chi connectivity index (χ2n) is 5.22. The molecule has 1 heterocycles. The van der Waals surface area contributed by atoms with E-state index in [-0.39, 0.29) is 5.82 Å². The largest absolute Gasteiger partial charge is 0.389 e. The molecule has 1 N–H and O–H groups in total. The Morgan fingerprint density at radius 1 is 1.32 bits per heavy atom. The van der Waals surface area contributed by atoms with E-state index in [2.05, 4.69) is 21.0 Å². The number of aryl methyl sites for hydroxylation is 1. The lowest BCUT2D eigenvalue weighted by Crippen LogP contribution is -2.27. The van der Waals surface area contributed by atoms with Crippen LogP contribution >= 0.6 is 15.9 Å². The molecule has 1 aromatic carbocycles. The highest BCUT2D eigenvalue weighted by molar-refractivity contribution is 9.10. The summed E-state index contributed by atoms with van der Waals surface area (Å²) in [5, 5.41) is 14.4. The molecule has 5 heteroatoms. The molecule has 2 aromatic rings. The van der Waals surface area contributed by atoms with Gasteiger partial charge in [-0.1, -0.05) is 0 Å². The minimum Gasteiger partial charge on any atom is -0.389 e. The van der Waals surface area contributed by atoms with Crippen molar-refractivity contribution in [1.82, 2.24) is 9.78 Å². The Morgan fingerprint density at radius 2 is 1.89 bits per heavy atom. The van der Waals surface area contributed by atoms with Gasteiger partial charge in [-0.05, 0) is 61.0 Å². The van der Waals surface area contributed by atoms with E-state index in [1.165, 1.54) is 12.1 Å². The smallest absolute Gasteiger partial charge is 0.123 e. The highest BCUT2D eigenvalue weighted by Crippen LogP contribution is 2.31. The van der Waals surface area contributed by atoms with E-state index >= 15 is 0 Å². The van der Waals surface area contributed by atoms with Gasteiger partial charge in [0.2, 0.25) is 0 Å². The minimum absolute atomic E-state index is 0.273. The molecular formula is C14H16BrFN2O. The summed E-state index contributed by atoms with van der Waals surface area (Å²) in [6, 6.07) is 6.24. The lowest BCUT2D eigenvalue weighted by Gasteiger charge is -2.19. The first-order valence-electron chi connectivity index (χ1n) is 5.99. The average Bonchev–Trinajstić information content (AvgIpc) is 2.54. The molecule has 0 fully saturated rings. The Hall–Kier alpha value is -1.20. The predicted molar refractivity (Wildman–Crippen MR) is 76.4 cm³/mol. The zero-order valence-corrected chi connectivity index (χ0v) is 12.7. The second kappa shape index (κ2) is 5.06. The molecular weight excluding hydrogens is 311 g/mol. The SMILES string of the molecule is Cc1nn(CC(C)(C)O)c(-c2ccc(F)cc2)c1Br. The molecule has 0 aliphatic heterocycles. The molecule has 0 atom stereocenters. The van der Waals surface area contributed by atoms with E-state index in [4.69, 9.17) is 0 Å². The predicted octanol–water partition coefficient (Wildman–Crippen LogP) is 3.53. The summed E-state index contributed by atoms with van der Waals surface area (Å²) in [6.07, 6.45) is 0. The molecule has 2 rings (SSSR count). The van der Waals surface area contributed by atoms with Crippen LogP contribution < -0.4 is 0 Å². The van der Waals surface area contributed by atoms with Gasteiger partial charge in [0.15, 0.2) is 0 Å². The fraction of sp³-hybridized carbons (Fsp3) is 0.357. The van der Waals surface area contributed by atoms with Crippen LogP contribution in [0.1, 0.15) is 19.5 Å². The Morgan fingerprint density at radius 3 is 2.42 bits per heavy atom. The van der Waals surface area contributed by atoms with Crippen LogP contribution in [-0.4, -0.2) is 20.5 Å². The zero-order chi connectivity index (χ0) is 14.2. The average molecular weight is 327 g/mol. The number of halogens is 2. The van der Waals surface area contributed by atoms with Gasteiger partial charge in [0.1, 0.15) is 5.82 Å². The summed E-state index contributed by atoms with van der Waals surface area (Å²) in [5.41, 5.74) is 1.67. The fourth-order valence-electron chi connectivity index (χ4n) is 1.92. The first-order chi connectivity index (χ1) is 8.78. The molecule has 0 bridgehead atoms. The maximum atomic E-state index is 13.0. The van der Waals surface area contributed by atoms with Crippen molar-refractivity contribution in [2.45, 2.75) is 32.9 Å². The van der Waals surface area contributed by atoms with Gasteiger partial charge in [0.05, 0.1) is 28.0 Å². The van der Waals surface area contributed by atoms with Crippen molar-refractivity contribution in [3.63, 3.8) is 0 Å². The molecule has 0 unspecified atom stereocenters. The van der Waals surface area contributed by atoms with Crippen molar-refractivity contribution in [3.8, 4) is 11.3 Å². The van der Waals surface area contributed by atoms with Crippen molar-refractivity contribution < 1.29 is 9.50 Å². The Labute approximate surface area is 120 Å². The molecule has 1 aromatic heterocycles. The third kappa shape index (κ3) is 3.22. The van der Waals surface area contributed by atoms with Crippen LogP contribution in [0.15, 0.2) is 28.7 Å². The molecule has 102 valence electrons. The monoisotopic (exact) mass is 326 g/mol. The van der Waals surface area contributed by atoms with Crippen LogP contribution in [-0.2, 0) is 6.54 Å². The maximum absolute atomic E-state index is 13.0. The summed E-state index contributed by atoms with van der Waals surface area (Å²) < 4.78 is 15.6. The van der Waals surface area contributed by atoms with Crippen molar-refractivity contribution in [2.75, 3.05) is 0 Å². The molecule has 19 heavy (non-hydrogen) atoms. The molecule has 0 aliphatic carbocycles. The quantitative estimate of drug-likeness (QED) is 0.936. The lowest BCUT2D eigenvalue weighted by atomic mass is 10.1. The van der Waals surface area contributed by atoms with Crippen LogP contribution in [0.25, 0.3) is 11.3 Å². The van der Waals surface area contributed by atoms with E-state index < -0.39 is 5.60 Å². The molecule has 0 saturated heterocycles. The second-order valence-corrected chi connectivity index (χ2v) is 6.02. The Kier molecular flexibility index (Phi) is 3.78. The molecule has 3 nitrogen and oxygen atoms in total. The van der Waals surface area contributed by atoms with Crippen LogP contribution in [0.2, 0.25) is 0 Å². The van der Waals surface area contributed by atoms with Crippen molar-refractivity contribution in [2.24, 2.45) is 0 Å². The lowest BCUT2D eigenvalue weighted by molar-refractivity contribution is 0.0582. The highest BCUT2D eigenvalue weighted by atomic mass is 79.9. The van der Waals surface area contributed by atoms with Crippen molar-refractivity contribution >= 4 is 15.9 Å². The van der Waals surface area contributed by atoms with E-state index in [1.54, 1.807) is 30.7 Å². The van der Waals surface area contributed by atoms with E-state index in [9.17, 15) is 9.50 Å². The fourth-order valence-corrected chi connectivity index (χ4v) is 2.44. The standard InChI is InChI=1S/C14H16BrFN2O/c1-9-12(15)13(10-4-6-11(16)7-5-10)18(17-9)8-14(2,3)19/h4-7,19H,8H2,1-3H3.